The number of carbonyl (C=O) groups is 1. The molecule has 7 nitrogen and oxygen atoms in total. The van der Waals surface area contributed by atoms with E-state index < -0.39 is 17.3 Å². The molecular formula is C25H22F3N5O2. The minimum Gasteiger partial charge on any atom is -0.475 e. The lowest BCUT2D eigenvalue weighted by Crippen LogP contribution is -2.49. The Morgan fingerprint density at radius 3 is 2.63 bits per heavy atom. The van der Waals surface area contributed by atoms with Crippen LogP contribution in [0.5, 0.6) is 5.88 Å². The summed E-state index contributed by atoms with van der Waals surface area (Å²) in [6, 6.07) is 13.4. The Balaban J connectivity index is 1.43. The molecule has 0 bridgehead atoms. The smallest absolute Gasteiger partial charge is 0.417 e. The molecule has 4 heterocycles. The van der Waals surface area contributed by atoms with E-state index in [9.17, 15) is 18.0 Å². The first-order chi connectivity index (χ1) is 16.8. The number of rotatable bonds is 5. The van der Waals surface area contributed by atoms with Crippen LogP contribution in [-0.4, -0.2) is 49.1 Å². The van der Waals surface area contributed by atoms with Gasteiger partial charge in [0.15, 0.2) is 11.3 Å². The Hall–Kier alpha value is -3.95. The fourth-order valence-corrected chi connectivity index (χ4v) is 4.42. The van der Waals surface area contributed by atoms with Crippen molar-refractivity contribution in [3.8, 4) is 17.0 Å². The molecule has 10 heteroatoms. The Kier molecular flexibility index (Phi) is 5.66. The van der Waals surface area contributed by atoms with E-state index in [4.69, 9.17) is 4.74 Å². The zero-order chi connectivity index (χ0) is 24.6. The molecule has 1 amide bonds. The maximum Gasteiger partial charge on any atom is 0.417 e. The van der Waals surface area contributed by atoms with Crippen LogP contribution in [0, 0.1) is 0 Å². The molecule has 0 aliphatic carbocycles. The van der Waals surface area contributed by atoms with Gasteiger partial charge in [-0.25, -0.2) is 14.5 Å². The van der Waals surface area contributed by atoms with E-state index in [0.717, 1.165) is 24.2 Å². The summed E-state index contributed by atoms with van der Waals surface area (Å²) < 4.78 is 45.8. The third kappa shape index (κ3) is 4.31. The third-order valence-corrected chi connectivity index (χ3v) is 6.25. The van der Waals surface area contributed by atoms with E-state index in [2.05, 4.69) is 15.1 Å². The van der Waals surface area contributed by atoms with E-state index in [0.29, 0.717) is 24.2 Å². The topological polar surface area (TPSA) is 72.6 Å². The van der Waals surface area contributed by atoms with Crippen molar-refractivity contribution in [1.29, 1.82) is 0 Å². The van der Waals surface area contributed by atoms with E-state index in [-0.39, 0.29) is 24.1 Å². The van der Waals surface area contributed by atoms with Crippen LogP contribution in [0.15, 0.2) is 67.1 Å². The highest BCUT2D eigenvalue weighted by Crippen LogP contribution is 2.35. The molecule has 0 radical (unpaired) electrons. The lowest BCUT2D eigenvalue weighted by atomic mass is 9.99. The van der Waals surface area contributed by atoms with E-state index in [1.807, 2.05) is 37.3 Å². The summed E-state index contributed by atoms with van der Waals surface area (Å²) in [6.07, 6.45) is 1.11. The summed E-state index contributed by atoms with van der Waals surface area (Å²) in [4.78, 5) is 23.8. The molecule has 180 valence electrons. The molecule has 1 atom stereocenters. The van der Waals surface area contributed by atoms with E-state index in [1.165, 1.54) is 6.07 Å². The van der Waals surface area contributed by atoms with E-state index in [1.54, 1.807) is 27.9 Å². The van der Waals surface area contributed by atoms with Crippen molar-refractivity contribution in [3.05, 3.63) is 78.4 Å². The van der Waals surface area contributed by atoms with Crippen LogP contribution in [0.2, 0.25) is 0 Å². The average molecular weight is 481 g/mol. The first-order valence-electron chi connectivity index (χ1n) is 11.1. The third-order valence-electron chi connectivity index (χ3n) is 6.25. The number of hydrogen-bond donors (Lipinski definition) is 0. The molecule has 1 fully saturated rings. The number of pyridine rings is 1. The van der Waals surface area contributed by atoms with Gasteiger partial charge in [-0.2, -0.15) is 18.3 Å². The minimum atomic E-state index is -4.47. The van der Waals surface area contributed by atoms with Crippen molar-refractivity contribution in [2.45, 2.75) is 31.5 Å². The van der Waals surface area contributed by atoms with Crippen molar-refractivity contribution in [2.24, 2.45) is 0 Å². The number of ether oxygens (including phenoxy) is 1. The molecule has 0 N–H and O–H groups in total. The number of hydrogen-bond acceptors (Lipinski definition) is 5. The summed E-state index contributed by atoms with van der Waals surface area (Å²) in [6.45, 7) is 2.50. The number of benzene rings is 1. The van der Waals surface area contributed by atoms with Crippen molar-refractivity contribution in [3.63, 3.8) is 0 Å². The largest absolute Gasteiger partial charge is 0.475 e. The van der Waals surface area contributed by atoms with Crippen LogP contribution in [0.1, 0.15) is 35.8 Å². The quantitative estimate of drug-likeness (QED) is 0.406. The van der Waals surface area contributed by atoms with Crippen molar-refractivity contribution in [2.75, 3.05) is 13.2 Å². The molecule has 0 unspecified atom stereocenters. The molecular weight excluding hydrogens is 459 g/mol. The van der Waals surface area contributed by atoms with Gasteiger partial charge in [-0.15, -0.1) is 0 Å². The molecule has 5 rings (SSSR count). The summed E-state index contributed by atoms with van der Waals surface area (Å²) >= 11 is 0. The average Bonchev–Trinajstić information content (AvgIpc) is 3.44. The number of fused-ring (bicyclic) bond motifs is 1. The fourth-order valence-electron chi connectivity index (χ4n) is 4.42. The lowest BCUT2D eigenvalue weighted by Gasteiger charge is -2.34. The number of aromatic nitrogens is 4. The molecule has 0 spiro atoms. The van der Waals surface area contributed by atoms with Gasteiger partial charge in [0, 0.05) is 31.2 Å². The van der Waals surface area contributed by atoms with Crippen molar-refractivity contribution < 1.29 is 22.7 Å². The van der Waals surface area contributed by atoms with Crippen LogP contribution >= 0.6 is 0 Å². The SMILES string of the molecule is C[C@@]1(COc2ccc(C(F)(F)F)cn2)CCCN1C(=O)c1nn2cccnc2c1-c1ccccc1. The molecule has 0 saturated carbocycles. The van der Waals surface area contributed by atoms with Gasteiger partial charge < -0.3 is 9.64 Å². The molecule has 4 aromatic rings. The second-order valence-corrected chi connectivity index (χ2v) is 8.71. The first kappa shape index (κ1) is 22.8. The zero-order valence-corrected chi connectivity index (χ0v) is 18.9. The highest BCUT2D eigenvalue weighted by molar-refractivity contribution is 6.03. The number of likely N-dealkylation sites (tertiary alicyclic amines) is 1. The van der Waals surface area contributed by atoms with Gasteiger partial charge in [-0.05, 0) is 37.5 Å². The van der Waals surface area contributed by atoms with Gasteiger partial charge in [0.05, 0.1) is 16.7 Å². The molecule has 1 saturated heterocycles. The van der Waals surface area contributed by atoms with Crippen molar-refractivity contribution in [1.82, 2.24) is 24.5 Å². The second-order valence-electron chi connectivity index (χ2n) is 8.71. The van der Waals surface area contributed by atoms with Gasteiger partial charge in [0.2, 0.25) is 5.88 Å². The van der Waals surface area contributed by atoms with Crippen molar-refractivity contribution >= 4 is 11.6 Å². The molecule has 3 aromatic heterocycles. The van der Waals surface area contributed by atoms with Gasteiger partial charge >= 0.3 is 6.18 Å². The monoisotopic (exact) mass is 481 g/mol. The van der Waals surface area contributed by atoms with E-state index >= 15 is 0 Å². The normalized spacial score (nSPS) is 18.2. The highest BCUT2D eigenvalue weighted by Gasteiger charge is 2.42. The van der Waals surface area contributed by atoms with Gasteiger partial charge in [0.25, 0.3) is 5.91 Å². The highest BCUT2D eigenvalue weighted by atomic mass is 19.4. The minimum absolute atomic E-state index is 0.0698. The number of nitrogens with zero attached hydrogens (tertiary/aromatic N) is 5. The maximum absolute atomic E-state index is 13.8. The zero-order valence-electron chi connectivity index (χ0n) is 18.9. The Bertz CT molecular complexity index is 1360. The Labute approximate surface area is 199 Å². The Morgan fingerprint density at radius 2 is 1.91 bits per heavy atom. The molecule has 35 heavy (non-hydrogen) atoms. The predicted octanol–water partition coefficient (Wildman–Crippen LogP) is 4.88. The van der Waals surface area contributed by atoms with Gasteiger partial charge in [0.1, 0.15) is 6.61 Å². The number of amides is 1. The predicted molar refractivity (Wildman–Crippen MR) is 122 cm³/mol. The first-order valence-corrected chi connectivity index (χ1v) is 11.1. The second kappa shape index (κ2) is 8.68. The standard InChI is InChI=1S/C25H22F3N5O2/c1-24(16-35-19-10-9-18(15-30-19)25(26,27)28)11-5-13-32(24)23(34)21-20(17-7-3-2-4-8-17)22-29-12-6-14-33(22)31-21/h2-4,6-10,12,14-15H,5,11,13,16H2,1H3/t24-/m0/s1. The van der Waals surface area contributed by atoms with Crippen LogP contribution < -0.4 is 4.74 Å². The summed E-state index contributed by atoms with van der Waals surface area (Å²) in [5.41, 5.74) is 0.816. The maximum atomic E-state index is 13.8. The van der Waals surface area contributed by atoms with Gasteiger partial charge in [-0.1, -0.05) is 30.3 Å². The number of halogens is 3. The van der Waals surface area contributed by atoms with Crippen LogP contribution in [0.4, 0.5) is 13.2 Å². The van der Waals surface area contributed by atoms with Crippen LogP contribution in [0.25, 0.3) is 16.8 Å². The lowest BCUT2D eigenvalue weighted by molar-refractivity contribution is -0.137. The summed E-state index contributed by atoms with van der Waals surface area (Å²) in [7, 11) is 0. The number of alkyl halides is 3. The van der Waals surface area contributed by atoms with Crippen LogP contribution in [0.3, 0.4) is 0 Å². The van der Waals surface area contributed by atoms with Crippen LogP contribution in [-0.2, 0) is 6.18 Å². The summed E-state index contributed by atoms with van der Waals surface area (Å²) in [5, 5.41) is 4.55. The Morgan fingerprint density at radius 1 is 1.11 bits per heavy atom. The fraction of sp³-hybridized carbons (Fsp3) is 0.280. The molecule has 1 aliphatic rings. The summed E-state index contributed by atoms with van der Waals surface area (Å²) in [5.74, 6) is -0.182. The van der Waals surface area contributed by atoms with Gasteiger partial charge in [-0.3, -0.25) is 4.79 Å². The molecule has 1 aromatic carbocycles. The molecule has 1 aliphatic heterocycles. The number of carbonyl (C=O) groups excluding carboxylic acids is 1.